The zero-order valence-corrected chi connectivity index (χ0v) is 16.8. The van der Waals surface area contributed by atoms with Gasteiger partial charge in [-0.25, -0.2) is 0 Å². The molecule has 0 aromatic carbocycles. The molecule has 0 amide bonds. The van der Waals surface area contributed by atoms with Crippen LogP contribution in [-0.4, -0.2) is 59.9 Å². The van der Waals surface area contributed by atoms with Crippen molar-refractivity contribution in [3.63, 3.8) is 0 Å². The van der Waals surface area contributed by atoms with Crippen molar-refractivity contribution in [2.24, 2.45) is 10.9 Å². The largest absolute Gasteiger partial charge is 0.469 e. The average Bonchev–Trinajstić information content (AvgIpc) is 3.10. The van der Waals surface area contributed by atoms with Gasteiger partial charge in [-0.05, 0) is 32.3 Å². The van der Waals surface area contributed by atoms with E-state index in [0.717, 1.165) is 57.9 Å². The van der Waals surface area contributed by atoms with Gasteiger partial charge in [0.2, 0.25) is 0 Å². The fourth-order valence-corrected chi connectivity index (χ4v) is 2.77. The van der Waals surface area contributed by atoms with E-state index in [2.05, 4.69) is 22.2 Å². The molecule has 1 aromatic rings. The fraction of sp³-hybridized carbons (Fsp3) is 0.688. The van der Waals surface area contributed by atoms with Crippen LogP contribution in [0.5, 0.6) is 0 Å². The summed E-state index contributed by atoms with van der Waals surface area (Å²) in [6.07, 6.45) is 6.36. The number of esters is 1. The number of nitrogens with zero attached hydrogens (tertiary/aromatic N) is 4. The van der Waals surface area contributed by atoms with Crippen molar-refractivity contribution >= 4 is 35.9 Å². The number of carbonyl (C=O) groups is 1. The van der Waals surface area contributed by atoms with Crippen molar-refractivity contribution < 1.29 is 9.53 Å². The van der Waals surface area contributed by atoms with E-state index < -0.39 is 0 Å². The molecule has 1 saturated heterocycles. The predicted molar refractivity (Wildman–Crippen MR) is 105 cm³/mol. The minimum atomic E-state index is -0.0918. The van der Waals surface area contributed by atoms with Gasteiger partial charge in [0.25, 0.3) is 0 Å². The Morgan fingerprint density at radius 1 is 1.42 bits per heavy atom. The smallest absolute Gasteiger partial charge is 0.308 e. The lowest BCUT2D eigenvalue weighted by molar-refractivity contribution is -0.146. The molecular weight excluding hydrogens is 421 g/mol. The normalized spacial score (nSPS) is 15.8. The van der Waals surface area contributed by atoms with Crippen LogP contribution >= 0.6 is 24.0 Å². The van der Waals surface area contributed by atoms with Gasteiger partial charge in [-0.2, -0.15) is 5.10 Å². The maximum atomic E-state index is 11.6. The van der Waals surface area contributed by atoms with Crippen molar-refractivity contribution in [1.82, 2.24) is 20.0 Å². The Balaban J connectivity index is 0.00000288. The van der Waals surface area contributed by atoms with E-state index in [1.54, 1.807) is 6.20 Å². The Morgan fingerprint density at radius 2 is 2.17 bits per heavy atom. The van der Waals surface area contributed by atoms with Gasteiger partial charge in [-0.3, -0.25) is 14.5 Å². The second-order valence-corrected chi connectivity index (χ2v) is 5.64. The first-order valence-corrected chi connectivity index (χ1v) is 8.33. The molecule has 0 unspecified atom stereocenters. The molecule has 1 N–H and O–H groups in total. The molecule has 0 radical (unpaired) electrons. The van der Waals surface area contributed by atoms with Crippen LogP contribution < -0.4 is 5.32 Å². The lowest BCUT2D eigenvalue weighted by atomic mass is 9.97. The van der Waals surface area contributed by atoms with E-state index in [4.69, 9.17) is 9.73 Å². The van der Waals surface area contributed by atoms with Crippen LogP contribution in [0.3, 0.4) is 0 Å². The third-order valence-corrected chi connectivity index (χ3v) is 4.03. The molecule has 136 valence electrons. The number of rotatable bonds is 6. The summed E-state index contributed by atoms with van der Waals surface area (Å²) in [7, 11) is 1.46. The van der Waals surface area contributed by atoms with E-state index >= 15 is 0 Å². The molecule has 2 heterocycles. The van der Waals surface area contributed by atoms with E-state index in [0.29, 0.717) is 0 Å². The van der Waals surface area contributed by atoms with Gasteiger partial charge >= 0.3 is 5.97 Å². The van der Waals surface area contributed by atoms with Crippen LogP contribution in [0.25, 0.3) is 0 Å². The number of hydrogen-bond donors (Lipinski definition) is 1. The molecule has 0 bridgehead atoms. The van der Waals surface area contributed by atoms with E-state index in [1.807, 2.05) is 16.9 Å². The van der Waals surface area contributed by atoms with Gasteiger partial charge in [-0.15, -0.1) is 24.0 Å². The van der Waals surface area contributed by atoms with Crippen LogP contribution in [0.15, 0.2) is 23.5 Å². The monoisotopic (exact) mass is 449 g/mol. The molecular formula is C16H28IN5O2. The van der Waals surface area contributed by atoms with Crippen LogP contribution in [0.2, 0.25) is 0 Å². The number of carbonyl (C=O) groups excluding carboxylic acids is 1. The number of nitrogens with one attached hydrogen (secondary N) is 1. The number of aryl methyl sites for hydroxylation is 1. The number of piperidine rings is 1. The summed E-state index contributed by atoms with van der Waals surface area (Å²) in [5.74, 6) is 0.876. The average molecular weight is 449 g/mol. The van der Waals surface area contributed by atoms with Crippen molar-refractivity contribution in [2.45, 2.75) is 32.7 Å². The molecule has 1 aromatic heterocycles. The summed E-state index contributed by atoms with van der Waals surface area (Å²) in [6, 6.07) is 1.93. The van der Waals surface area contributed by atoms with Gasteiger partial charge in [0.05, 0.1) is 13.0 Å². The van der Waals surface area contributed by atoms with Gasteiger partial charge in [0, 0.05) is 45.1 Å². The molecule has 0 aliphatic carbocycles. The highest BCUT2D eigenvalue weighted by Gasteiger charge is 2.26. The van der Waals surface area contributed by atoms with Crippen LogP contribution in [0.4, 0.5) is 0 Å². The topological polar surface area (TPSA) is 71.8 Å². The van der Waals surface area contributed by atoms with E-state index in [1.165, 1.54) is 7.11 Å². The first kappa shape index (κ1) is 20.7. The van der Waals surface area contributed by atoms with Crippen LogP contribution in [0, 0.1) is 5.92 Å². The second kappa shape index (κ2) is 11.3. The standard InChI is InChI=1S/C16H27N5O2.HI/c1-3-17-16(18-8-4-10-21-11-5-9-19-21)20-12-6-14(7-13-20)15(22)23-2;/h5,9,11,14H,3-4,6-8,10,12-13H2,1-2H3,(H,17,18);1H. The maximum Gasteiger partial charge on any atom is 0.308 e. The third-order valence-electron chi connectivity index (χ3n) is 4.03. The lowest BCUT2D eigenvalue weighted by Gasteiger charge is -2.33. The highest BCUT2D eigenvalue weighted by molar-refractivity contribution is 14.0. The summed E-state index contributed by atoms with van der Waals surface area (Å²) < 4.78 is 6.76. The Bertz CT molecular complexity index is 499. The van der Waals surface area contributed by atoms with Crippen molar-refractivity contribution in [3.05, 3.63) is 18.5 Å². The maximum absolute atomic E-state index is 11.6. The summed E-state index contributed by atoms with van der Waals surface area (Å²) >= 11 is 0. The van der Waals surface area contributed by atoms with Crippen LogP contribution in [-0.2, 0) is 16.1 Å². The zero-order valence-electron chi connectivity index (χ0n) is 14.5. The molecule has 2 rings (SSSR count). The van der Waals surface area contributed by atoms with Gasteiger partial charge < -0.3 is 15.0 Å². The fourth-order valence-electron chi connectivity index (χ4n) is 2.77. The van der Waals surface area contributed by atoms with E-state index in [9.17, 15) is 4.79 Å². The van der Waals surface area contributed by atoms with Crippen molar-refractivity contribution in [3.8, 4) is 0 Å². The SMILES string of the molecule is CCNC(=NCCCn1cccn1)N1CCC(C(=O)OC)CC1.I. The van der Waals surface area contributed by atoms with Gasteiger partial charge in [0.15, 0.2) is 5.96 Å². The molecule has 8 heteroatoms. The number of guanidine groups is 1. The summed E-state index contributed by atoms with van der Waals surface area (Å²) in [6.45, 7) is 6.23. The number of methoxy groups -OCH3 is 1. The summed E-state index contributed by atoms with van der Waals surface area (Å²) in [4.78, 5) is 18.5. The number of aromatic nitrogens is 2. The van der Waals surface area contributed by atoms with Gasteiger partial charge in [-0.1, -0.05) is 0 Å². The number of ether oxygens (including phenoxy) is 1. The summed E-state index contributed by atoms with van der Waals surface area (Å²) in [5.41, 5.74) is 0. The molecule has 1 aliphatic rings. The number of hydrogen-bond acceptors (Lipinski definition) is 4. The Labute approximate surface area is 160 Å². The number of aliphatic imine (C=N–C) groups is 1. The highest BCUT2D eigenvalue weighted by atomic mass is 127. The highest BCUT2D eigenvalue weighted by Crippen LogP contribution is 2.18. The molecule has 1 fully saturated rings. The van der Waals surface area contributed by atoms with E-state index in [-0.39, 0.29) is 35.9 Å². The Morgan fingerprint density at radius 3 is 2.75 bits per heavy atom. The quantitative estimate of drug-likeness (QED) is 0.236. The lowest BCUT2D eigenvalue weighted by Crippen LogP contribution is -2.46. The molecule has 0 atom stereocenters. The molecule has 24 heavy (non-hydrogen) atoms. The predicted octanol–water partition coefficient (Wildman–Crippen LogP) is 1.74. The van der Waals surface area contributed by atoms with Gasteiger partial charge in [0.1, 0.15) is 0 Å². The first-order valence-electron chi connectivity index (χ1n) is 8.33. The number of halogens is 1. The minimum Gasteiger partial charge on any atom is -0.469 e. The van der Waals surface area contributed by atoms with Crippen LogP contribution in [0.1, 0.15) is 26.2 Å². The molecule has 1 aliphatic heterocycles. The number of likely N-dealkylation sites (tertiary alicyclic amines) is 1. The Hall–Kier alpha value is -1.32. The molecule has 7 nitrogen and oxygen atoms in total. The van der Waals surface area contributed by atoms with Crippen molar-refractivity contribution in [2.75, 3.05) is 33.3 Å². The first-order chi connectivity index (χ1) is 11.2. The summed E-state index contributed by atoms with van der Waals surface area (Å²) in [5, 5.41) is 7.53. The molecule has 0 spiro atoms. The second-order valence-electron chi connectivity index (χ2n) is 5.64. The zero-order chi connectivity index (χ0) is 16.5. The minimum absolute atomic E-state index is 0. The Kier molecular flexibility index (Phi) is 9.73. The molecule has 0 saturated carbocycles. The van der Waals surface area contributed by atoms with Crippen molar-refractivity contribution in [1.29, 1.82) is 0 Å². The third kappa shape index (κ3) is 6.29.